The molecule has 1 saturated carbocycles. The van der Waals surface area contributed by atoms with Gasteiger partial charge in [0.2, 0.25) is 5.95 Å². The molecule has 0 atom stereocenters. The number of halogens is 3. The Morgan fingerprint density at radius 3 is 2.41 bits per heavy atom. The zero-order chi connectivity index (χ0) is 22.6. The van der Waals surface area contributed by atoms with Crippen molar-refractivity contribution in [1.82, 2.24) is 9.97 Å². The number of alkyl halides is 3. The number of ether oxygens (including phenoxy) is 1. The van der Waals surface area contributed by atoms with Gasteiger partial charge in [-0.05, 0) is 56.9 Å². The van der Waals surface area contributed by atoms with Crippen LogP contribution in [0.5, 0.6) is 5.75 Å². The molecule has 4 rings (SSSR count). The molecule has 0 saturated heterocycles. The molecule has 2 aromatic carbocycles. The highest BCUT2D eigenvalue weighted by molar-refractivity contribution is 7.99. The van der Waals surface area contributed by atoms with Gasteiger partial charge in [0, 0.05) is 17.6 Å². The lowest BCUT2D eigenvalue weighted by Gasteiger charge is -2.26. The van der Waals surface area contributed by atoms with E-state index in [1.165, 1.54) is 0 Å². The molecule has 8 heteroatoms. The second-order valence-corrected chi connectivity index (χ2v) is 8.60. The summed E-state index contributed by atoms with van der Waals surface area (Å²) in [5, 5.41) is -0.124. The largest absolute Gasteiger partial charge is 0.488 e. The average molecular weight is 460 g/mol. The van der Waals surface area contributed by atoms with Crippen molar-refractivity contribution in [3.05, 3.63) is 66.4 Å². The molecule has 0 bridgehead atoms. The molecule has 168 valence electrons. The third-order valence-electron chi connectivity index (χ3n) is 5.31. The van der Waals surface area contributed by atoms with Crippen molar-refractivity contribution in [3.8, 4) is 5.75 Å². The van der Waals surface area contributed by atoms with Crippen molar-refractivity contribution >= 4 is 23.4 Å². The third-order valence-corrected chi connectivity index (χ3v) is 6.33. The summed E-state index contributed by atoms with van der Waals surface area (Å²) < 4.78 is 47.2. The van der Waals surface area contributed by atoms with Crippen LogP contribution in [-0.4, -0.2) is 22.6 Å². The monoisotopic (exact) mass is 459 g/mol. The first kappa shape index (κ1) is 22.5. The Bertz CT molecular complexity index is 1040. The summed E-state index contributed by atoms with van der Waals surface area (Å²) in [6.07, 6.45) is 0.795. The van der Waals surface area contributed by atoms with E-state index in [0.29, 0.717) is 17.2 Å². The Kier molecular flexibility index (Phi) is 6.89. The first-order valence-electron chi connectivity index (χ1n) is 10.7. The fourth-order valence-electron chi connectivity index (χ4n) is 3.74. The summed E-state index contributed by atoms with van der Waals surface area (Å²) in [7, 11) is 0. The van der Waals surface area contributed by atoms with Gasteiger partial charge in [0.15, 0.2) is 0 Å². The van der Waals surface area contributed by atoms with Gasteiger partial charge in [0.25, 0.3) is 0 Å². The normalized spacial score (nSPS) is 14.5. The fraction of sp³-hybridized carbons (Fsp3) is 0.333. The lowest BCUT2D eigenvalue weighted by Crippen LogP contribution is -2.22. The molecule has 0 amide bonds. The fourth-order valence-corrected chi connectivity index (χ4v) is 4.67. The Balaban J connectivity index is 1.71. The number of anilines is 2. The van der Waals surface area contributed by atoms with Gasteiger partial charge < -0.3 is 9.64 Å². The molecule has 1 aliphatic carbocycles. The minimum absolute atomic E-state index is 0.124. The summed E-state index contributed by atoms with van der Waals surface area (Å²) >= 11 is 0.980. The van der Waals surface area contributed by atoms with Gasteiger partial charge in [0.05, 0.1) is 11.8 Å². The van der Waals surface area contributed by atoms with E-state index in [2.05, 4.69) is 9.97 Å². The summed E-state index contributed by atoms with van der Waals surface area (Å²) in [5.41, 5.74) is -0.0982. The predicted octanol–water partition coefficient (Wildman–Crippen LogP) is 7.13. The smallest absolute Gasteiger partial charge is 0.420 e. The van der Waals surface area contributed by atoms with Crippen molar-refractivity contribution in [3.63, 3.8) is 0 Å². The van der Waals surface area contributed by atoms with Crippen molar-refractivity contribution in [2.45, 2.75) is 54.8 Å². The molecule has 1 aliphatic rings. The van der Waals surface area contributed by atoms with Gasteiger partial charge >= 0.3 is 6.18 Å². The van der Waals surface area contributed by atoms with E-state index in [1.54, 1.807) is 29.2 Å². The van der Waals surface area contributed by atoms with Crippen LogP contribution in [0, 0.1) is 0 Å². The number of hydrogen-bond acceptors (Lipinski definition) is 5. The van der Waals surface area contributed by atoms with Crippen LogP contribution in [0.3, 0.4) is 0 Å². The molecular formula is C24H24F3N3OS. The molecule has 1 heterocycles. The van der Waals surface area contributed by atoms with Gasteiger partial charge in [-0.1, -0.05) is 42.1 Å². The molecule has 0 spiro atoms. The van der Waals surface area contributed by atoms with Crippen LogP contribution in [0.4, 0.5) is 24.8 Å². The van der Waals surface area contributed by atoms with Crippen LogP contribution in [0.25, 0.3) is 0 Å². The average Bonchev–Trinajstić information content (AvgIpc) is 3.29. The van der Waals surface area contributed by atoms with Crippen molar-refractivity contribution < 1.29 is 17.9 Å². The Morgan fingerprint density at radius 2 is 1.72 bits per heavy atom. The van der Waals surface area contributed by atoms with Gasteiger partial charge in [-0.15, -0.1) is 0 Å². The number of nitrogens with zero attached hydrogens (tertiary/aromatic N) is 3. The van der Waals surface area contributed by atoms with Crippen molar-refractivity contribution in [2.24, 2.45) is 0 Å². The van der Waals surface area contributed by atoms with E-state index < -0.39 is 11.7 Å². The number of para-hydroxylation sites is 2. The van der Waals surface area contributed by atoms with Crippen LogP contribution in [0.15, 0.2) is 70.7 Å². The van der Waals surface area contributed by atoms with Gasteiger partial charge in [-0.3, -0.25) is 0 Å². The van der Waals surface area contributed by atoms with Crippen LogP contribution in [0.2, 0.25) is 0 Å². The standard InChI is InChI=1S/C24H24F3N3OS/c1-2-30(20-14-8-9-15-21(20)31-17-10-6-7-11-17)23-28-16-19(24(25,26)27)22(29-23)32-18-12-4-3-5-13-18/h3-5,8-9,12-17H,2,6-7,10-11H2,1H3. The molecule has 1 fully saturated rings. The highest BCUT2D eigenvalue weighted by atomic mass is 32.2. The van der Waals surface area contributed by atoms with E-state index in [-0.39, 0.29) is 17.1 Å². The zero-order valence-electron chi connectivity index (χ0n) is 17.7. The molecule has 4 nitrogen and oxygen atoms in total. The molecule has 3 aromatic rings. The quantitative estimate of drug-likeness (QED) is 0.352. The van der Waals surface area contributed by atoms with Crippen LogP contribution in [-0.2, 0) is 6.18 Å². The summed E-state index contributed by atoms with van der Waals surface area (Å²) in [5.74, 6) is 0.906. The Labute approximate surface area is 189 Å². The Hall–Kier alpha value is -2.74. The number of aromatic nitrogens is 2. The van der Waals surface area contributed by atoms with E-state index in [9.17, 15) is 13.2 Å². The highest BCUT2D eigenvalue weighted by Crippen LogP contribution is 2.40. The SMILES string of the molecule is CCN(c1ncc(C(F)(F)F)c(Sc2ccccc2)n1)c1ccccc1OC1CCCC1. The van der Waals surface area contributed by atoms with Gasteiger partial charge in [-0.25, -0.2) is 9.97 Å². The molecule has 0 radical (unpaired) electrons. The maximum Gasteiger partial charge on any atom is 0.420 e. The summed E-state index contributed by atoms with van der Waals surface area (Å²) in [6.45, 7) is 2.39. The van der Waals surface area contributed by atoms with Gasteiger partial charge in [0.1, 0.15) is 16.3 Å². The first-order valence-corrected chi connectivity index (χ1v) is 11.5. The maximum absolute atomic E-state index is 13.7. The minimum Gasteiger partial charge on any atom is -0.488 e. The lowest BCUT2D eigenvalue weighted by molar-refractivity contribution is -0.140. The lowest BCUT2D eigenvalue weighted by atomic mass is 10.2. The number of rotatable bonds is 7. The molecule has 0 unspecified atom stereocenters. The number of benzene rings is 2. The van der Waals surface area contributed by atoms with Gasteiger partial charge in [-0.2, -0.15) is 13.2 Å². The molecule has 0 N–H and O–H groups in total. The third kappa shape index (κ3) is 5.18. The highest BCUT2D eigenvalue weighted by Gasteiger charge is 2.36. The second-order valence-electron chi connectivity index (χ2n) is 7.54. The molecule has 1 aromatic heterocycles. The molecule has 32 heavy (non-hydrogen) atoms. The van der Waals surface area contributed by atoms with Crippen molar-refractivity contribution in [1.29, 1.82) is 0 Å². The summed E-state index contributed by atoms with van der Waals surface area (Å²) in [4.78, 5) is 10.9. The van der Waals surface area contributed by atoms with E-state index in [0.717, 1.165) is 49.3 Å². The van der Waals surface area contributed by atoms with E-state index in [1.807, 2.05) is 37.3 Å². The zero-order valence-corrected chi connectivity index (χ0v) is 18.5. The first-order chi connectivity index (χ1) is 15.5. The Morgan fingerprint density at radius 1 is 1.03 bits per heavy atom. The summed E-state index contributed by atoms with van der Waals surface area (Å²) in [6, 6.07) is 16.5. The maximum atomic E-state index is 13.7. The van der Waals surface area contributed by atoms with Crippen molar-refractivity contribution in [2.75, 3.05) is 11.4 Å². The van der Waals surface area contributed by atoms with Crippen LogP contribution in [0.1, 0.15) is 38.2 Å². The molecule has 0 aliphatic heterocycles. The predicted molar refractivity (Wildman–Crippen MR) is 120 cm³/mol. The van der Waals surface area contributed by atoms with Crippen LogP contribution < -0.4 is 9.64 Å². The number of hydrogen-bond donors (Lipinski definition) is 0. The van der Waals surface area contributed by atoms with E-state index >= 15 is 0 Å². The molecular weight excluding hydrogens is 435 g/mol. The minimum atomic E-state index is -4.55. The second kappa shape index (κ2) is 9.81. The van der Waals surface area contributed by atoms with Crippen LogP contribution >= 0.6 is 11.8 Å². The topological polar surface area (TPSA) is 38.2 Å². The van der Waals surface area contributed by atoms with E-state index in [4.69, 9.17) is 4.74 Å².